The maximum absolute atomic E-state index is 9.96. The van der Waals surface area contributed by atoms with E-state index in [0.29, 0.717) is 11.8 Å². The van der Waals surface area contributed by atoms with Crippen molar-refractivity contribution in [2.75, 3.05) is 44.2 Å². The van der Waals surface area contributed by atoms with E-state index in [1.165, 1.54) is 30.8 Å². The Morgan fingerprint density at radius 3 is 2.31 bits per heavy atom. The van der Waals surface area contributed by atoms with Gasteiger partial charge in [-0.2, -0.15) is 0 Å². The lowest BCUT2D eigenvalue weighted by atomic mass is 9.80. The van der Waals surface area contributed by atoms with Gasteiger partial charge in [0.15, 0.2) is 0 Å². The highest BCUT2D eigenvalue weighted by atomic mass is 16.3. The Morgan fingerprint density at radius 2 is 1.58 bits per heavy atom. The molecule has 0 aromatic heterocycles. The van der Waals surface area contributed by atoms with Gasteiger partial charge in [0.25, 0.3) is 0 Å². The summed E-state index contributed by atoms with van der Waals surface area (Å²) in [7, 11) is 0. The Morgan fingerprint density at radius 1 is 0.846 bits per heavy atom. The molecular formula is C23H30N2O. The fourth-order valence-electron chi connectivity index (χ4n) is 4.82. The van der Waals surface area contributed by atoms with Gasteiger partial charge in [0.2, 0.25) is 0 Å². The van der Waals surface area contributed by atoms with Crippen LogP contribution >= 0.6 is 0 Å². The van der Waals surface area contributed by atoms with Crippen LogP contribution in [0.1, 0.15) is 24.3 Å². The summed E-state index contributed by atoms with van der Waals surface area (Å²) in [5.74, 6) is 1.60. The van der Waals surface area contributed by atoms with Crippen molar-refractivity contribution in [1.29, 1.82) is 0 Å². The fourth-order valence-corrected chi connectivity index (χ4v) is 4.82. The molecule has 2 aliphatic heterocycles. The van der Waals surface area contributed by atoms with Crippen molar-refractivity contribution in [3.63, 3.8) is 0 Å². The first-order valence-corrected chi connectivity index (χ1v) is 10.0. The minimum Gasteiger partial charge on any atom is -0.396 e. The fraction of sp³-hybridized carbons (Fsp3) is 0.478. The number of para-hydroxylation sites is 1. The number of rotatable bonds is 5. The average Bonchev–Trinajstić information content (AvgIpc) is 3.18. The number of anilines is 1. The van der Waals surface area contributed by atoms with Crippen LogP contribution in [0.3, 0.4) is 0 Å². The normalized spacial score (nSPS) is 27.0. The van der Waals surface area contributed by atoms with Gasteiger partial charge in [0, 0.05) is 44.4 Å². The third-order valence-corrected chi connectivity index (χ3v) is 6.20. The second kappa shape index (κ2) is 8.24. The quantitative estimate of drug-likeness (QED) is 0.892. The Labute approximate surface area is 157 Å². The highest BCUT2D eigenvalue weighted by molar-refractivity contribution is 5.46. The topological polar surface area (TPSA) is 26.7 Å². The van der Waals surface area contributed by atoms with Crippen LogP contribution in [-0.4, -0.2) is 49.3 Å². The molecule has 2 aromatic rings. The van der Waals surface area contributed by atoms with Gasteiger partial charge in [0.05, 0.1) is 0 Å². The Kier molecular flexibility index (Phi) is 5.57. The molecule has 3 heteroatoms. The lowest BCUT2D eigenvalue weighted by Gasteiger charge is -2.39. The van der Waals surface area contributed by atoms with Crippen LogP contribution in [0.4, 0.5) is 5.69 Å². The molecule has 2 aromatic carbocycles. The number of likely N-dealkylation sites (tertiary alicyclic amines) is 1. The lowest BCUT2D eigenvalue weighted by Crippen LogP contribution is -2.43. The van der Waals surface area contributed by atoms with E-state index < -0.39 is 0 Å². The van der Waals surface area contributed by atoms with Gasteiger partial charge in [-0.05, 0) is 48.9 Å². The van der Waals surface area contributed by atoms with Crippen molar-refractivity contribution in [3.8, 4) is 0 Å². The summed E-state index contributed by atoms with van der Waals surface area (Å²) < 4.78 is 0. The molecule has 4 rings (SSSR count). The van der Waals surface area contributed by atoms with Gasteiger partial charge in [-0.1, -0.05) is 48.5 Å². The van der Waals surface area contributed by atoms with Crippen molar-refractivity contribution >= 4 is 5.69 Å². The van der Waals surface area contributed by atoms with Gasteiger partial charge >= 0.3 is 0 Å². The van der Waals surface area contributed by atoms with Crippen molar-refractivity contribution < 1.29 is 5.11 Å². The monoisotopic (exact) mass is 350 g/mol. The molecule has 0 saturated carbocycles. The molecule has 0 aliphatic carbocycles. The second-order valence-electron chi connectivity index (χ2n) is 7.94. The summed E-state index contributed by atoms with van der Waals surface area (Å²) in [4.78, 5) is 5.12. The molecule has 2 fully saturated rings. The molecule has 1 N–H and O–H groups in total. The SMILES string of the molecule is OC[C@@H]1CN(CC2CCN(c3ccccc3)C2)CC[C@@H]1c1ccccc1. The molecule has 2 aliphatic rings. The van der Waals surface area contributed by atoms with Gasteiger partial charge in [0.1, 0.15) is 0 Å². The number of benzene rings is 2. The lowest BCUT2D eigenvalue weighted by molar-refractivity contribution is 0.0926. The predicted octanol–water partition coefficient (Wildman–Crippen LogP) is 3.61. The molecule has 2 heterocycles. The average molecular weight is 351 g/mol. The number of piperidine rings is 1. The van der Waals surface area contributed by atoms with Crippen LogP contribution in [0.25, 0.3) is 0 Å². The molecule has 1 unspecified atom stereocenters. The van der Waals surface area contributed by atoms with E-state index in [1.807, 2.05) is 0 Å². The highest BCUT2D eigenvalue weighted by Crippen LogP contribution is 2.34. The molecule has 2 saturated heterocycles. The standard InChI is InChI=1S/C23H30N2O/c26-18-21-17-24(13-12-23(21)20-7-3-1-4-8-20)15-19-11-14-25(16-19)22-9-5-2-6-10-22/h1-10,19,21,23,26H,11-18H2/t19?,21-,23+/m0/s1. The Balaban J connectivity index is 1.33. The van der Waals surface area contributed by atoms with E-state index in [1.54, 1.807) is 0 Å². The summed E-state index contributed by atoms with van der Waals surface area (Å²) in [6, 6.07) is 21.5. The Hall–Kier alpha value is -1.84. The van der Waals surface area contributed by atoms with Crippen molar-refractivity contribution in [1.82, 2.24) is 4.90 Å². The highest BCUT2D eigenvalue weighted by Gasteiger charge is 2.32. The number of hydrogen-bond donors (Lipinski definition) is 1. The maximum atomic E-state index is 9.96. The van der Waals surface area contributed by atoms with E-state index in [4.69, 9.17) is 0 Å². The zero-order valence-corrected chi connectivity index (χ0v) is 15.5. The third kappa shape index (κ3) is 3.94. The van der Waals surface area contributed by atoms with Crippen molar-refractivity contribution in [3.05, 3.63) is 66.2 Å². The predicted molar refractivity (Wildman–Crippen MR) is 108 cm³/mol. The van der Waals surface area contributed by atoms with Gasteiger partial charge in [-0.3, -0.25) is 0 Å². The molecule has 0 amide bonds. The third-order valence-electron chi connectivity index (χ3n) is 6.20. The van der Waals surface area contributed by atoms with Crippen LogP contribution in [0, 0.1) is 11.8 Å². The first-order valence-electron chi connectivity index (χ1n) is 10.0. The second-order valence-corrected chi connectivity index (χ2v) is 7.94. The zero-order chi connectivity index (χ0) is 17.8. The van der Waals surface area contributed by atoms with Crippen molar-refractivity contribution in [2.45, 2.75) is 18.8 Å². The summed E-state index contributed by atoms with van der Waals surface area (Å²) in [5, 5.41) is 9.96. The van der Waals surface area contributed by atoms with Gasteiger partial charge < -0.3 is 14.9 Å². The minimum atomic E-state index is 0.289. The summed E-state index contributed by atoms with van der Waals surface area (Å²) in [6.45, 7) is 5.96. The summed E-state index contributed by atoms with van der Waals surface area (Å²) in [5.41, 5.74) is 2.74. The molecule has 0 spiro atoms. The minimum absolute atomic E-state index is 0.289. The number of aliphatic hydroxyl groups is 1. The molecule has 138 valence electrons. The number of hydrogen-bond acceptors (Lipinski definition) is 3. The summed E-state index contributed by atoms with van der Waals surface area (Å²) in [6.07, 6.45) is 2.43. The van der Waals surface area contributed by atoms with E-state index in [-0.39, 0.29) is 6.61 Å². The molecule has 26 heavy (non-hydrogen) atoms. The van der Waals surface area contributed by atoms with Gasteiger partial charge in [-0.25, -0.2) is 0 Å². The summed E-state index contributed by atoms with van der Waals surface area (Å²) >= 11 is 0. The molecule has 0 bridgehead atoms. The van der Waals surface area contributed by atoms with Crippen LogP contribution in [0.15, 0.2) is 60.7 Å². The largest absolute Gasteiger partial charge is 0.396 e. The first-order chi connectivity index (χ1) is 12.8. The molecular weight excluding hydrogens is 320 g/mol. The van der Waals surface area contributed by atoms with Gasteiger partial charge in [-0.15, -0.1) is 0 Å². The maximum Gasteiger partial charge on any atom is 0.0477 e. The number of aliphatic hydroxyl groups excluding tert-OH is 1. The van der Waals surface area contributed by atoms with Crippen LogP contribution in [-0.2, 0) is 0 Å². The molecule has 3 nitrogen and oxygen atoms in total. The smallest absolute Gasteiger partial charge is 0.0477 e. The molecule has 0 radical (unpaired) electrons. The van der Waals surface area contributed by atoms with Crippen LogP contribution in [0.2, 0.25) is 0 Å². The Bertz CT molecular complexity index is 675. The van der Waals surface area contributed by atoms with E-state index in [2.05, 4.69) is 70.5 Å². The zero-order valence-electron chi connectivity index (χ0n) is 15.5. The van der Waals surface area contributed by atoms with Crippen LogP contribution in [0.5, 0.6) is 0 Å². The van der Waals surface area contributed by atoms with Crippen LogP contribution < -0.4 is 4.90 Å². The number of nitrogens with zero attached hydrogens (tertiary/aromatic N) is 2. The van der Waals surface area contributed by atoms with Crippen molar-refractivity contribution in [2.24, 2.45) is 11.8 Å². The van der Waals surface area contributed by atoms with E-state index in [9.17, 15) is 5.11 Å². The first kappa shape index (κ1) is 17.6. The van der Waals surface area contributed by atoms with E-state index >= 15 is 0 Å². The van der Waals surface area contributed by atoms with E-state index in [0.717, 1.165) is 32.0 Å². The molecule has 3 atom stereocenters.